The number of benzene rings is 3. The smallest absolute Gasteiger partial charge is 0.266 e. The topological polar surface area (TPSA) is 44.1 Å². The van der Waals surface area contributed by atoms with Crippen LogP contribution in [-0.2, 0) is 5.75 Å². The Morgan fingerprint density at radius 1 is 0.964 bits per heavy atom. The van der Waals surface area contributed by atoms with Crippen LogP contribution in [0.25, 0.3) is 16.6 Å². The molecule has 0 saturated carbocycles. The molecule has 0 N–H and O–H groups in total. The van der Waals surface area contributed by atoms with Gasteiger partial charge < -0.3 is 4.74 Å². The third-order valence-corrected chi connectivity index (χ3v) is 5.57. The first-order valence-electron chi connectivity index (χ1n) is 9.00. The first kappa shape index (κ1) is 18.3. The molecule has 3 aromatic carbocycles. The highest BCUT2D eigenvalue weighted by molar-refractivity contribution is 7.98. The van der Waals surface area contributed by atoms with E-state index in [1.54, 1.807) is 23.4 Å². The molecule has 0 radical (unpaired) electrons. The molecule has 0 saturated heterocycles. The largest absolute Gasteiger partial charge is 0.497 e. The second-order valence-corrected chi connectivity index (χ2v) is 7.47. The van der Waals surface area contributed by atoms with E-state index in [1.807, 2.05) is 79.7 Å². The van der Waals surface area contributed by atoms with E-state index in [4.69, 9.17) is 9.72 Å². The predicted octanol–water partition coefficient (Wildman–Crippen LogP) is 5.00. The summed E-state index contributed by atoms with van der Waals surface area (Å²) in [7, 11) is 1.66. The summed E-state index contributed by atoms with van der Waals surface area (Å²) in [5.74, 6) is 1.54. The van der Waals surface area contributed by atoms with Crippen molar-refractivity contribution in [2.75, 3.05) is 7.11 Å². The van der Waals surface area contributed by atoms with Crippen LogP contribution >= 0.6 is 11.8 Å². The lowest BCUT2D eigenvalue weighted by atomic mass is 10.2. The number of hydrogen-bond acceptors (Lipinski definition) is 4. The van der Waals surface area contributed by atoms with Gasteiger partial charge in [-0.15, -0.1) is 0 Å². The summed E-state index contributed by atoms with van der Waals surface area (Å²) < 4.78 is 6.92. The maximum Gasteiger partial charge on any atom is 0.266 e. The highest BCUT2D eigenvalue weighted by Gasteiger charge is 2.13. The van der Waals surface area contributed by atoms with Crippen molar-refractivity contribution in [1.29, 1.82) is 0 Å². The van der Waals surface area contributed by atoms with Gasteiger partial charge in [0.25, 0.3) is 5.56 Å². The van der Waals surface area contributed by atoms with Crippen molar-refractivity contribution in [1.82, 2.24) is 9.55 Å². The molecule has 0 spiro atoms. The zero-order valence-electron chi connectivity index (χ0n) is 15.8. The van der Waals surface area contributed by atoms with Crippen molar-refractivity contribution in [3.8, 4) is 11.4 Å². The minimum absolute atomic E-state index is 0.0494. The number of nitrogens with zero attached hydrogens (tertiary/aromatic N) is 2. The van der Waals surface area contributed by atoms with Crippen molar-refractivity contribution < 1.29 is 4.74 Å². The minimum Gasteiger partial charge on any atom is -0.497 e. The summed E-state index contributed by atoms with van der Waals surface area (Å²) in [4.78, 5) is 18.0. The van der Waals surface area contributed by atoms with Gasteiger partial charge in [-0.25, -0.2) is 4.98 Å². The Labute approximate surface area is 167 Å². The van der Waals surface area contributed by atoms with Crippen molar-refractivity contribution >= 4 is 22.7 Å². The van der Waals surface area contributed by atoms with Crippen LogP contribution in [0.15, 0.2) is 82.7 Å². The van der Waals surface area contributed by atoms with Crippen molar-refractivity contribution in [2.45, 2.75) is 17.8 Å². The Bertz CT molecular complexity index is 1170. The van der Waals surface area contributed by atoms with Gasteiger partial charge in [0, 0.05) is 5.75 Å². The van der Waals surface area contributed by atoms with Gasteiger partial charge in [-0.1, -0.05) is 53.7 Å². The average molecular weight is 388 g/mol. The van der Waals surface area contributed by atoms with Gasteiger partial charge in [0.05, 0.1) is 23.7 Å². The molecule has 4 aromatic rings. The van der Waals surface area contributed by atoms with Crippen LogP contribution in [0.5, 0.6) is 5.75 Å². The number of methoxy groups -OCH3 is 1. The molecule has 0 bridgehead atoms. The summed E-state index contributed by atoms with van der Waals surface area (Å²) in [5.41, 5.74) is 3.78. The molecule has 140 valence electrons. The molecular formula is C23H20N2O2S. The van der Waals surface area contributed by atoms with Gasteiger partial charge in [0.1, 0.15) is 5.75 Å². The molecule has 28 heavy (non-hydrogen) atoms. The maximum absolute atomic E-state index is 13.2. The molecule has 0 aliphatic carbocycles. The highest BCUT2D eigenvalue weighted by atomic mass is 32.2. The Morgan fingerprint density at radius 3 is 2.39 bits per heavy atom. The van der Waals surface area contributed by atoms with Crippen LogP contribution in [0.2, 0.25) is 0 Å². The summed E-state index contributed by atoms with van der Waals surface area (Å²) in [6.45, 7) is 2.03. The molecule has 5 heteroatoms. The van der Waals surface area contributed by atoms with Gasteiger partial charge in [0.2, 0.25) is 0 Å². The average Bonchev–Trinajstić information content (AvgIpc) is 2.74. The molecule has 0 amide bonds. The normalized spacial score (nSPS) is 10.9. The maximum atomic E-state index is 13.2. The van der Waals surface area contributed by atoms with Gasteiger partial charge >= 0.3 is 0 Å². The quantitative estimate of drug-likeness (QED) is 0.357. The molecule has 1 heterocycles. The third-order valence-electron chi connectivity index (χ3n) is 4.56. The van der Waals surface area contributed by atoms with Crippen LogP contribution in [0.1, 0.15) is 11.1 Å². The number of rotatable bonds is 5. The lowest BCUT2D eigenvalue weighted by Gasteiger charge is -2.13. The fourth-order valence-corrected chi connectivity index (χ4v) is 3.97. The second kappa shape index (κ2) is 7.90. The zero-order chi connectivity index (χ0) is 19.5. The standard InChI is InChI=1S/C23H20N2O2S/c1-16-7-11-18(12-8-16)25-22(26)20-5-3-4-6-21(20)24-23(25)28-15-17-9-13-19(27-2)14-10-17/h3-14H,15H2,1-2H3. The highest BCUT2D eigenvalue weighted by Crippen LogP contribution is 2.25. The zero-order valence-corrected chi connectivity index (χ0v) is 16.6. The summed E-state index contributed by atoms with van der Waals surface area (Å²) in [6, 6.07) is 23.4. The number of para-hydroxylation sites is 1. The number of ether oxygens (including phenoxy) is 1. The number of thioether (sulfide) groups is 1. The van der Waals surface area contributed by atoms with Gasteiger partial charge in [0.15, 0.2) is 5.16 Å². The second-order valence-electron chi connectivity index (χ2n) is 6.52. The van der Waals surface area contributed by atoms with Crippen molar-refractivity contribution in [3.63, 3.8) is 0 Å². The summed E-state index contributed by atoms with van der Waals surface area (Å²) in [6.07, 6.45) is 0. The molecule has 4 nitrogen and oxygen atoms in total. The summed E-state index contributed by atoms with van der Waals surface area (Å²) >= 11 is 1.55. The number of fused-ring (bicyclic) bond motifs is 1. The van der Waals surface area contributed by atoms with Crippen LogP contribution < -0.4 is 10.3 Å². The Morgan fingerprint density at radius 2 is 1.68 bits per heavy atom. The van der Waals surface area contributed by atoms with E-state index in [0.29, 0.717) is 21.8 Å². The van der Waals surface area contributed by atoms with Crippen molar-refractivity contribution in [3.05, 3.63) is 94.3 Å². The van der Waals surface area contributed by atoms with E-state index in [1.165, 1.54) is 0 Å². The van der Waals surface area contributed by atoms with Gasteiger partial charge in [-0.3, -0.25) is 9.36 Å². The van der Waals surface area contributed by atoms with E-state index < -0.39 is 0 Å². The molecule has 0 unspecified atom stereocenters. The molecule has 4 rings (SSSR count). The van der Waals surface area contributed by atoms with Crippen LogP contribution in [0.3, 0.4) is 0 Å². The van der Waals surface area contributed by atoms with Crippen LogP contribution in [-0.4, -0.2) is 16.7 Å². The first-order valence-corrected chi connectivity index (χ1v) is 9.99. The van der Waals surface area contributed by atoms with Crippen molar-refractivity contribution in [2.24, 2.45) is 0 Å². The molecular weight excluding hydrogens is 368 g/mol. The number of hydrogen-bond donors (Lipinski definition) is 0. The Balaban J connectivity index is 1.77. The lowest BCUT2D eigenvalue weighted by molar-refractivity contribution is 0.414. The van der Waals surface area contributed by atoms with E-state index in [9.17, 15) is 4.79 Å². The van der Waals surface area contributed by atoms with E-state index in [2.05, 4.69) is 0 Å². The van der Waals surface area contributed by atoms with Crippen LogP contribution in [0, 0.1) is 6.92 Å². The number of aromatic nitrogens is 2. The Hall–Kier alpha value is -3.05. The fraction of sp³-hybridized carbons (Fsp3) is 0.130. The molecule has 0 aliphatic heterocycles. The van der Waals surface area contributed by atoms with Gasteiger partial charge in [-0.2, -0.15) is 0 Å². The Kier molecular flexibility index (Phi) is 5.17. The number of aryl methyl sites for hydroxylation is 1. The fourth-order valence-electron chi connectivity index (χ4n) is 3.00. The lowest BCUT2D eigenvalue weighted by Crippen LogP contribution is -2.21. The third kappa shape index (κ3) is 3.66. The van der Waals surface area contributed by atoms with E-state index in [-0.39, 0.29) is 5.56 Å². The summed E-state index contributed by atoms with van der Waals surface area (Å²) in [5, 5.41) is 1.31. The SMILES string of the molecule is COc1ccc(CSc2nc3ccccc3c(=O)n2-c2ccc(C)cc2)cc1. The molecule has 0 atom stereocenters. The first-order chi connectivity index (χ1) is 13.7. The van der Waals surface area contributed by atoms with Gasteiger partial charge in [-0.05, 0) is 48.9 Å². The van der Waals surface area contributed by atoms with E-state index in [0.717, 1.165) is 22.6 Å². The van der Waals surface area contributed by atoms with Crippen LogP contribution in [0.4, 0.5) is 0 Å². The molecule has 1 aromatic heterocycles. The predicted molar refractivity (Wildman–Crippen MR) is 115 cm³/mol. The van der Waals surface area contributed by atoms with E-state index >= 15 is 0 Å². The molecule has 0 aliphatic rings. The minimum atomic E-state index is -0.0494. The molecule has 0 fully saturated rings. The monoisotopic (exact) mass is 388 g/mol.